The summed E-state index contributed by atoms with van der Waals surface area (Å²) in [6, 6.07) is 1.61. The quantitative estimate of drug-likeness (QED) is 0.631. The molecule has 3 fully saturated rings. The largest absolute Gasteiger partial charge is 0.379 e. The number of carbonyl (C=O) groups excluding carboxylic acids is 1. The lowest BCUT2D eigenvalue weighted by atomic mass is 9.45. The number of fused-ring (bicyclic) bond motifs is 2. The van der Waals surface area contributed by atoms with Crippen molar-refractivity contribution in [3.8, 4) is 0 Å². The lowest BCUT2D eigenvalue weighted by molar-refractivity contribution is -0.122. The molecule has 2 N–H and O–H groups in total. The highest BCUT2D eigenvalue weighted by Gasteiger charge is 2.56. The first-order valence-corrected chi connectivity index (χ1v) is 12.1. The van der Waals surface area contributed by atoms with E-state index in [-0.39, 0.29) is 28.7 Å². The minimum atomic E-state index is -0.502. The van der Waals surface area contributed by atoms with Crippen LogP contribution in [-0.2, 0) is 11.3 Å². The average molecular weight is 493 g/mol. The fraction of sp³-hybridized carbons (Fsp3) is 0.609. The summed E-state index contributed by atoms with van der Waals surface area (Å²) in [5.41, 5.74) is 1.74. The molecule has 0 radical (unpaired) electrons. The van der Waals surface area contributed by atoms with Gasteiger partial charge in [-0.05, 0) is 55.9 Å². The Bertz CT molecular complexity index is 1130. The van der Waals surface area contributed by atoms with Gasteiger partial charge in [-0.15, -0.1) is 5.10 Å². The number of hydrogen-bond acceptors (Lipinski definition) is 6. The number of nitrogens with zero attached hydrogens (tertiary/aromatic N) is 4. The van der Waals surface area contributed by atoms with E-state index in [4.69, 9.17) is 23.2 Å². The second-order valence-corrected chi connectivity index (χ2v) is 10.8. The molecule has 3 saturated carbocycles. The first-order chi connectivity index (χ1) is 15.5. The van der Waals surface area contributed by atoms with Gasteiger partial charge in [-0.3, -0.25) is 9.59 Å². The third-order valence-electron chi connectivity index (χ3n) is 7.72. The SMILES string of the molecule is Cc1cc(C(C)NC(=O)Cn2ncc(N[C@@H]3C[C@@H]4C[C@H]([C@H]3C)C4(C)C)c(Cl)c2=O)c(Cl)nn1. The van der Waals surface area contributed by atoms with Gasteiger partial charge in [0.25, 0.3) is 5.56 Å². The number of nitrogens with one attached hydrogen (secondary N) is 2. The number of anilines is 1. The molecule has 5 atom stereocenters. The van der Waals surface area contributed by atoms with Gasteiger partial charge in [0.15, 0.2) is 5.15 Å². The molecule has 1 unspecified atom stereocenters. The van der Waals surface area contributed by atoms with Crippen molar-refractivity contribution in [2.24, 2.45) is 23.2 Å². The van der Waals surface area contributed by atoms with Gasteiger partial charge in [-0.1, -0.05) is 44.0 Å². The molecule has 1 amide bonds. The molecule has 0 aromatic carbocycles. The van der Waals surface area contributed by atoms with Crippen LogP contribution in [0.15, 0.2) is 17.1 Å². The van der Waals surface area contributed by atoms with Crippen LogP contribution in [0.2, 0.25) is 10.2 Å². The van der Waals surface area contributed by atoms with Crippen LogP contribution >= 0.6 is 23.2 Å². The van der Waals surface area contributed by atoms with E-state index in [1.165, 1.54) is 12.6 Å². The first kappa shape index (κ1) is 24.0. The zero-order valence-electron chi connectivity index (χ0n) is 19.5. The summed E-state index contributed by atoms with van der Waals surface area (Å²) in [5, 5.41) is 18.5. The highest BCUT2D eigenvalue weighted by atomic mass is 35.5. The summed E-state index contributed by atoms with van der Waals surface area (Å²) in [6.45, 7) is 10.3. The van der Waals surface area contributed by atoms with Crippen LogP contribution in [0.4, 0.5) is 5.69 Å². The maximum atomic E-state index is 12.8. The molecule has 2 heterocycles. The van der Waals surface area contributed by atoms with Crippen LogP contribution in [0.5, 0.6) is 0 Å². The van der Waals surface area contributed by atoms with Gasteiger partial charge >= 0.3 is 0 Å². The van der Waals surface area contributed by atoms with Gasteiger partial charge in [0, 0.05) is 11.6 Å². The fourth-order valence-corrected chi connectivity index (χ4v) is 5.97. The second-order valence-electron chi connectivity index (χ2n) is 10.1. The predicted molar refractivity (Wildman–Crippen MR) is 128 cm³/mol. The Balaban J connectivity index is 1.42. The van der Waals surface area contributed by atoms with Gasteiger partial charge in [-0.2, -0.15) is 10.2 Å². The Morgan fingerprint density at radius 1 is 1.30 bits per heavy atom. The van der Waals surface area contributed by atoms with Gasteiger partial charge in [0.1, 0.15) is 11.6 Å². The number of rotatable bonds is 6. The zero-order chi connectivity index (χ0) is 24.1. The number of halogens is 2. The second kappa shape index (κ2) is 8.87. The van der Waals surface area contributed by atoms with Crippen molar-refractivity contribution in [3.05, 3.63) is 44.1 Å². The Hall–Kier alpha value is -2.19. The van der Waals surface area contributed by atoms with Crippen molar-refractivity contribution in [1.29, 1.82) is 0 Å². The summed E-state index contributed by atoms with van der Waals surface area (Å²) in [4.78, 5) is 25.3. The third kappa shape index (κ3) is 4.47. The van der Waals surface area contributed by atoms with Gasteiger partial charge < -0.3 is 10.6 Å². The highest BCUT2D eigenvalue weighted by molar-refractivity contribution is 6.33. The first-order valence-electron chi connectivity index (χ1n) is 11.3. The topological polar surface area (TPSA) is 102 Å². The molecular formula is C23H30Cl2N6O2. The van der Waals surface area contributed by atoms with Crippen molar-refractivity contribution < 1.29 is 4.79 Å². The highest BCUT2D eigenvalue weighted by Crippen LogP contribution is 2.61. The Morgan fingerprint density at radius 2 is 2.03 bits per heavy atom. The van der Waals surface area contributed by atoms with Crippen LogP contribution in [0, 0.1) is 30.1 Å². The Labute approximate surface area is 203 Å². The molecule has 10 heteroatoms. The van der Waals surface area contributed by atoms with Crippen molar-refractivity contribution in [1.82, 2.24) is 25.3 Å². The third-order valence-corrected chi connectivity index (χ3v) is 8.37. The number of hydrogen-bond donors (Lipinski definition) is 2. The van der Waals surface area contributed by atoms with Gasteiger partial charge in [0.2, 0.25) is 5.91 Å². The monoisotopic (exact) mass is 492 g/mol. The summed E-state index contributed by atoms with van der Waals surface area (Å²) in [6.07, 6.45) is 3.86. The molecule has 2 aromatic heterocycles. The Kier molecular flexibility index (Phi) is 6.44. The fourth-order valence-electron chi connectivity index (χ4n) is 5.52. The van der Waals surface area contributed by atoms with Crippen molar-refractivity contribution >= 4 is 34.8 Å². The molecular weight excluding hydrogens is 463 g/mol. The van der Waals surface area contributed by atoms with Crippen molar-refractivity contribution in [3.63, 3.8) is 0 Å². The molecule has 178 valence electrons. The number of amides is 1. The van der Waals surface area contributed by atoms with E-state index >= 15 is 0 Å². The lowest BCUT2D eigenvalue weighted by Crippen LogP contribution is -2.58. The van der Waals surface area contributed by atoms with Crippen LogP contribution in [-0.4, -0.2) is 31.9 Å². The van der Waals surface area contributed by atoms with Gasteiger partial charge in [-0.25, -0.2) is 4.68 Å². The average Bonchev–Trinajstić information content (AvgIpc) is 2.75. The van der Waals surface area contributed by atoms with Crippen LogP contribution in [0.25, 0.3) is 0 Å². The molecule has 0 spiro atoms. The maximum absolute atomic E-state index is 12.8. The maximum Gasteiger partial charge on any atom is 0.288 e. The van der Waals surface area contributed by atoms with Crippen molar-refractivity contribution in [2.45, 2.75) is 66.1 Å². The summed E-state index contributed by atoms with van der Waals surface area (Å²) in [7, 11) is 0. The van der Waals surface area contributed by atoms with E-state index in [9.17, 15) is 9.59 Å². The summed E-state index contributed by atoms with van der Waals surface area (Å²) in [5.74, 6) is 1.44. The lowest BCUT2D eigenvalue weighted by Gasteiger charge is -2.62. The van der Waals surface area contributed by atoms with E-state index in [2.05, 4.69) is 46.7 Å². The molecule has 5 rings (SSSR count). The smallest absolute Gasteiger partial charge is 0.288 e. The normalized spacial score (nSPS) is 26.3. The van der Waals surface area contributed by atoms with Crippen LogP contribution < -0.4 is 16.2 Å². The molecule has 33 heavy (non-hydrogen) atoms. The summed E-state index contributed by atoms with van der Waals surface area (Å²) >= 11 is 12.5. The number of aromatic nitrogens is 4. The van der Waals surface area contributed by atoms with Crippen LogP contribution in [0.3, 0.4) is 0 Å². The zero-order valence-corrected chi connectivity index (χ0v) is 21.0. The molecule has 2 bridgehead atoms. The van der Waals surface area contributed by atoms with E-state index in [1.54, 1.807) is 19.9 Å². The van der Waals surface area contributed by atoms with Gasteiger partial charge in [0.05, 0.1) is 23.6 Å². The molecule has 3 aliphatic rings. The minimum Gasteiger partial charge on any atom is -0.379 e. The number of carbonyl (C=O) groups is 1. The molecule has 0 saturated heterocycles. The predicted octanol–water partition coefficient (Wildman–Crippen LogP) is 4.01. The number of aryl methyl sites for hydroxylation is 1. The van der Waals surface area contributed by atoms with E-state index in [1.807, 2.05) is 0 Å². The summed E-state index contributed by atoms with van der Waals surface area (Å²) < 4.78 is 1.07. The standard InChI is InChI=1S/C23H30Cl2N6O2/c1-11-6-15(21(25)30-29-11)13(3)27-19(32)10-31-22(33)20(24)18(9-26-31)28-17-8-14-7-16(12(17)2)23(14,4)5/h6,9,12-14,16-17,28H,7-8,10H2,1-5H3,(H,27,32)/t12-,13?,14+,16-,17-/m1/s1. The molecule has 8 nitrogen and oxygen atoms in total. The van der Waals surface area contributed by atoms with E-state index < -0.39 is 11.6 Å². The van der Waals surface area contributed by atoms with Crippen LogP contribution in [0.1, 0.15) is 57.8 Å². The van der Waals surface area contributed by atoms with Crippen molar-refractivity contribution in [2.75, 3.05) is 5.32 Å². The molecule has 3 aliphatic carbocycles. The van der Waals surface area contributed by atoms with E-state index in [0.29, 0.717) is 40.1 Å². The Morgan fingerprint density at radius 3 is 2.70 bits per heavy atom. The molecule has 2 aromatic rings. The van der Waals surface area contributed by atoms with E-state index in [0.717, 1.165) is 11.1 Å². The molecule has 0 aliphatic heterocycles. The minimum absolute atomic E-state index is 0.0496.